The van der Waals surface area contributed by atoms with Crippen molar-refractivity contribution in [2.75, 3.05) is 5.32 Å². The number of aromatic nitrogens is 2. The number of anilines is 1. The van der Waals surface area contributed by atoms with Crippen molar-refractivity contribution in [1.29, 1.82) is 0 Å². The zero-order valence-electron chi connectivity index (χ0n) is 8.85. The third kappa shape index (κ3) is 4.05. The first-order valence-corrected chi connectivity index (χ1v) is 6.24. The number of rotatable bonds is 5. The molecule has 0 spiro atoms. The lowest BCUT2D eigenvalue weighted by Crippen LogP contribution is -2.22. The number of nitrogens with two attached hydrogens (primary N) is 1. The average Bonchev–Trinajstić information content (AvgIpc) is 2.51. The molecule has 1 heterocycles. The van der Waals surface area contributed by atoms with E-state index in [0.717, 1.165) is 9.47 Å². The van der Waals surface area contributed by atoms with E-state index in [2.05, 4.69) is 15.5 Å². The Hall–Kier alpha value is -0.820. The second kappa shape index (κ2) is 5.32. The largest absolute Gasteiger partial charge is 0.369 e. The Morgan fingerprint density at radius 2 is 2.13 bits per heavy atom. The lowest BCUT2D eigenvalue weighted by atomic mass is 10.4. The van der Waals surface area contributed by atoms with Crippen molar-refractivity contribution in [3.8, 4) is 0 Å². The topological polar surface area (TPSA) is 80.9 Å². The van der Waals surface area contributed by atoms with E-state index in [9.17, 15) is 4.79 Å². The van der Waals surface area contributed by atoms with Gasteiger partial charge in [0.1, 0.15) is 0 Å². The first kappa shape index (κ1) is 12.3. The van der Waals surface area contributed by atoms with E-state index >= 15 is 0 Å². The molecule has 0 unspecified atom stereocenters. The number of nitrogens with one attached hydrogen (secondary N) is 1. The third-order valence-electron chi connectivity index (χ3n) is 1.50. The van der Waals surface area contributed by atoms with Gasteiger partial charge in [-0.05, 0) is 20.8 Å². The van der Waals surface area contributed by atoms with E-state index in [1.54, 1.807) is 6.92 Å². The fraction of sp³-hybridized carbons (Fsp3) is 0.625. The van der Waals surface area contributed by atoms with Crippen molar-refractivity contribution >= 4 is 34.1 Å². The van der Waals surface area contributed by atoms with Crippen LogP contribution in [0.5, 0.6) is 0 Å². The first-order chi connectivity index (χ1) is 6.99. The SMILES string of the molecule is CC(C)Nc1nnc(S[C@@H](C)C(N)=O)s1. The maximum absolute atomic E-state index is 10.8. The van der Waals surface area contributed by atoms with Gasteiger partial charge in [0, 0.05) is 6.04 Å². The van der Waals surface area contributed by atoms with Crippen molar-refractivity contribution in [2.45, 2.75) is 36.4 Å². The Bertz CT molecular complexity index is 339. The quantitative estimate of drug-likeness (QED) is 0.766. The second-order valence-electron chi connectivity index (χ2n) is 3.33. The highest BCUT2D eigenvalue weighted by Gasteiger charge is 2.14. The number of primary amides is 1. The normalized spacial score (nSPS) is 12.8. The minimum Gasteiger partial charge on any atom is -0.369 e. The monoisotopic (exact) mass is 246 g/mol. The van der Waals surface area contributed by atoms with Crippen LogP contribution in [-0.2, 0) is 4.79 Å². The van der Waals surface area contributed by atoms with Gasteiger partial charge < -0.3 is 11.1 Å². The highest BCUT2D eigenvalue weighted by Crippen LogP contribution is 2.28. The van der Waals surface area contributed by atoms with Crippen molar-refractivity contribution in [2.24, 2.45) is 5.73 Å². The zero-order valence-corrected chi connectivity index (χ0v) is 10.5. The van der Waals surface area contributed by atoms with E-state index in [1.807, 2.05) is 13.8 Å². The molecular weight excluding hydrogens is 232 g/mol. The van der Waals surface area contributed by atoms with Gasteiger partial charge in [0.2, 0.25) is 11.0 Å². The Labute approximate surface area is 96.8 Å². The van der Waals surface area contributed by atoms with E-state index in [0.29, 0.717) is 6.04 Å². The summed E-state index contributed by atoms with van der Waals surface area (Å²) in [5, 5.41) is 11.5. The summed E-state index contributed by atoms with van der Waals surface area (Å²) in [6.07, 6.45) is 0. The lowest BCUT2D eigenvalue weighted by Gasteiger charge is -2.03. The van der Waals surface area contributed by atoms with Crippen molar-refractivity contribution < 1.29 is 4.79 Å². The van der Waals surface area contributed by atoms with Crippen LogP contribution in [0.25, 0.3) is 0 Å². The number of carbonyl (C=O) groups excluding carboxylic acids is 1. The molecule has 1 amide bonds. The molecule has 15 heavy (non-hydrogen) atoms. The highest BCUT2D eigenvalue weighted by atomic mass is 32.2. The smallest absolute Gasteiger partial charge is 0.230 e. The van der Waals surface area contributed by atoms with Crippen LogP contribution in [0, 0.1) is 0 Å². The molecule has 1 aromatic rings. The standard InChI is InChI=1S/C8H14N4OS2/c1-4(2)10-7-11-12-8(15-7)14-5(3)6(9)13/h4-5H,1-3H3,(H2,9,13)(H,10,11)/t5-/m0/s1. The molecule has 0 fully saturated rings. The average molecular weight is 246 g/mol. The number of hydrogen-bond acceptors (Lipinski definition) is 6. The molecule has 1 rings (SSSR count). The van der Waals surface area contributed by atoms with Gasteiger partial charge in [0.05, 0.1) is 5.25 Å². The van der Waals surface area contributed by atoms with E-state index in [-0.39, 0.29) is 11.2 Å². The van der Waals surface area contributed by atoms with Crippen LogP contribution in [0.3, 0.4) is 0 Å². The lowest BCUT2D eigenvalue weighted by molar-refractivity contribution is -0.117. The van der Waals surface area contributed by atoms with Crippen LogP contribution >= 0.6 is 23.1 Å². The van der Waals surface area contributed by atoms with Crippen LogP contribution in [0.4, 0.5) is 5.13 Å². The van der Waals surface area contributed by atoms with Crippen molar-refractivity contribution in [3.63, 3.8) is 0 Å². The van der Waals surface area contributed by atoms with Crippen LogP contribution in [0.1, 0.15) is 20.8 Å². The number of hydrogen-bond donors (Lipinski definition) is 2. The molecule has 0 aromatic carbocycles. The van der Waals surface area contributed by atoms with Crippen LogP contribution in [0.15, 0.2) is 4.34 Å². The Morgan fingerprint density at radius 3 is 2.67 bits per heavy atom. The fourth-order valence-corrected chi connectivity index (χ4v) is 2.76. The molecule has 0 saturated carbocycles. The summed E-state index contributed by atoms with van der Waals surface area (Å²) in [6, 6.07) is 0.323. The number of thioether (sulfide) groups is 1. The summed E-state index contributed by atoms with van der Waals surface area (Å²) < 4.78 is 0.754. The Morgan fingerprint density at radius 1 is 1.47 bits per heavy atom. The molecule has 1 atom stereocenters. The number of amides is 1. The summed E-state index contributed by atoms with van der Waals surface area (Å²) in [7, 11) is 0. The molecule has 3 N–H and O–H groups in total. The molecule has 0 saturated heterocycles. The number of carbonyl (C=O) groups is 1. The maximum Gasteiger partial charge on any atom is 0.230 e. The van der Waals surface area contributed by atoms with Crippen LogP contribution < -0.4 is 11.1 Å². The van der Waals surface area contributed by atoms with Gasteiger partial charge in [0.25, 0.3) is 0 Å². The molecular formula is C8H14N4OS2. The molecule has 1 aromatic heterocycles. The third-order valence-corrected chi connectivity index (χ3v) is 3.55. The second-order valence-corrected chi connectivity index (χ2v) is 5.90. The molecule has 0 aliphatic carbocycles. The van der Waals surface area contributed by atoms with Gasteiger partial charge >= 0.3 is 0 Å². The molecule has 0 radical (unpaired) electrons. The molecule has 5 nitrogen and oxygen atoms in total. The van der Waals surface area contributed by atoms with Gasteiger partial charge in [0.15, 0.2) is 4.34 Å². The summed E-state index contributed by atoms with van der Waals surface area (Å²) in [5.41, 5.74) is 5.15. The predicted molar refractivity (Wildman–Crippen MR) is 63.2 cm³/mol. The Balaban J connectivity index is 2.56. The molecule has 0 bridgehead atoms. The molecule has 0 aliphatic heterocycles. The molecule has 7 heteroatoms. The van der Waals surface area contributed by atoms with Gasteiger partial charge in [-0.15, -0.1) is 10.2 Å². The fourth-order valence-electron chi connectivity index (χ4n) is 0.772. The van der Waals surface area contributed by atoms with Crippen LogP contribution in [0.2, 0.25) is 0 Å². The zero-order chi connectivity index (χ0) is 11.4. The minimum atomic E-state index is -0.339. The van der Waals surface area contributed by atoms with E-state index in [4.69, 9.17) is 5.73 Å². The highest BCUT2D eigenvalue weighted by molar-refractivity contribution is 8.02. The Kier molecular flexibility index (Phi) is 4.34. The summed E-state index contributed by atoms with van der Waals surface area (Å²) in [6.45, 7) is 5.81. The summed E-state index contributed by atoms with van der Waals surface area (Å²) in [4.78, 5) is 10.8. The van der Waals surface area contributed by atoms with Crippen molar-refractivity contribution in [3.05, 3.63) is 0 Å². The summed E-state index contributed by atoms with van der Waals surface area (Å²) >= 11 is 2.76. The molecule has 0 aliphatic rings. The number of nitrogens with zero attached hydrogens (tertiary/aromatic N) is 2. The van der Waals surface area contributed by atoms with Gasteiger partial charge in [-0.25, -0.2) is 0 Å². The maximum atomic E-state index is 10.8. The van der Waals surface area contributed by atoms with Gasteiger partial charge in [-0.1, -0.05) is 23.1 Å². The van der Waals surface area contributed by atoms with Crippen LogP contribution in [-0.4, -0.2) is 27.4 Å². The predicted octanol–water partition coefficient (Wildman–Crippen LogP) is 1.32. The minimum absolute atomic E-state index is 0.273. The first-order valence-electron chi connectivity index (χ1n) is 4.55. The summed E-state index contributed by atoms with van der Waals surface area (Å²) in [5.74, 6) is -0.339. The van der Waals surface area contributed by atoms with Crippen molar-refractivity contribution in [1.82, 2.24) is 10.2 Å². The van der Waals surface area contributed by atoms with E-state index in [1.165, 1.54) is 23.1 Å². The molecule has 84 valence electrons. The van der Waals surface area contributed by atoms with Gasteiger partial charge in [-0.3, -0.25) is 4.79 Å². The van der Waals surface area contributed by atoms with E-state index < -0.39 is 0 Å². The van der Waals surface area contributed by atoms with Gasteiger partial charge in [-0.2, -0.15) is 0 Å².